The molecule has 0 spiro atoms. The summed E-state index contributed by atoms with van der Waals surface area (Å²) in [6.07, 6.45) is -12.3. The predicted octanol–water partition coefficient (Wildman–Crippen LogP) is 7.47. The number of amides is 2. The molecule has 6 nitrogen and oxygen atoms in total. The fraction of sp³-hybridized carbons (Fsp3) is 0.323. The van der Waals surface area contributed by atoms with E-state index in [9.17, 15) is 45.1 Å². The molecule has 0 aromatic heterocycles. The standard InChI is InChI=1S/C31H29F7N2O4/c1-19-16-23(29(32,30(33,34)35)31(36,37)38)17-20(2)26(19)39(3)27(42)22-12-8-13-24(18-22)40(15-9-14-25(41)44-4)28(43)21-10-6-5-7-11-21/h5-8,10-13,16-18H,9,14-15H2,1-4H3. The number of benzene rings is 3. The summed E-state index contributed by atoms with van der Waals surface area (Å²) in [6.45, 7) is 2.42. The van der Waals surface area contributed by atoms with Crippen molar-refractivity contribution in [3.05, 3.63) is 94.5 Å². The van der Waals surface area contributed by atoms with Crippen molar-refractivity contribution in [2.45, 2.75) is 44.7 Å². The number of carbonyl (C=O) groups excluding carboxylic acids is 3. The lowest BCUT2D eigenvalue weighted by Gasteiger charge is -2.32. The number of hydrogen-bond acceptors (Lipinski definition) is 4. The third-order valence-electron chi connectivity index (χ3n) is 6.97. The number of carbonyl (C=O) groups is 3. The van der Waals surface area contributed by atoms with Crippen molar-refractivity contribution >= 4 is 29.2 Å². The number of esters is 1. The number of hydrogen-bond donors (Lipinski definition) is 0. The Hall–Kier alpha value is -4.42. The van der Waals surface area contributed by atoms with Crippen molar-refractivity contribution in [3.63, 3.8) is 0 Å². The van der Waals surface area contributed by atoms with Crippen molar-refractivity contribution in [2.75, 3.05) is 30.5 Å². The number of rotatable bonds is 9. The molecule has 0 fully saturated rings. The van der Waals surface area contributed by atoms with E-state index in [1.807, 2.05) is 0 Å². The Kier molecular flexibility index (Phi) is 10.1. The van der Waals surface area contributed by atoms with Gasteiger partial charge in [-0.25, -0.2) is 4.39 Å². The Morgan fingerprint density at radius 1 is 0.750 bits per heavy atom. The maximum absolute atomic E-state index is 14.7. The molecule has 0 bridgehead atoms. The van der Waals surface area contributed by atoms with Crippen LogP contribution >= 0.6 is 0 Å². The van der Waals surface area contributed by atoms with E-state index in [1.54, 1.807) is 36.4 Å². The fourth-order valence-electron chi connectivity index (χ4n) is 4.84. The van der Waals surface area contributed by atoms with Gasteiger partial charge >= 0.3 is 24.0 Å². The van der Waals surface area contributed by atoms with E-state index in [0.717, 1.165) is 4.90 Å². The first kappa shape index (κ1) is 34.1. The second-order valence-corrected chi connectivity index (χ2v) is 10.0. The van der Waals surface area contributed by atoms with Crippen molar-refractivity contribution in [1.82, 2.24) is 0 Å². The molecule has 0 aliphatic rings. The zero-order valence-corrected chi connectivity index (χ0v) is 24.1. The van der Waals surface area contributed by atoms with Crippen LogP contribution in [0, 0.1) is 13.8 Å². The summed E-state index contributed by atoms with van der Waals surface area (Å²) in [4.78, 5) is 41.0. The third-order valence-corrected chi connectivity index (χ3v) is 6.97. The van der Waals surface area contributed by atoms with Crippen molar-refractivity contribution < 1.29 is 49.9 Å². The number of nitrogens with zero attached hydrogens (tertiary/aromatic N) is 2. The smallest absolute Gasteiger partial charge is 0.435 e. The minimum Gasteiger partial charge on any atom is -0.469 e. The molecule has 0 heterocycles. The predicted molar refractivity (Wildman–Crippen MR) is 149 cm³/mol. The van der Waals surface area contributed by atoms with Gasteiger partial charge in [0.05, 0.1) is 7.11 Å². The van der Waals surface area contributed by atoms with E-state index in [-0.39, 0.29) is 41.8 Å². The average molecular weight is 627 g/mol. The van der Waals surface area contributed by atoms with Crippen LogP contribution in [0.2, 0.25) is 0 Å². The molecular formula is C31H29F7N2O4. The lowest BCUT2D eigenvalue weighted by atomic mass is 9.90. The Morgan fingerprint density at radius 3 is 1.82 bits per heavy atom. The monoisotopic (exact) mass is 626 g/mol. The highest BCUT2D eigenvalue weighted by molar-refractivity contribution is 6.09. The minimum absolute atomic E-state index is 0.0216. The fourth-order valence-corrected chi connectivity index (χ4v) is 4.84. The van der Waals surface area contributed by atoms with E-state index in [0.29, 0.717) is 23.4 Å². The van der Waals surface area contributed by atoms with Gasteiger partial charge in [-0.05, 0) is 61.7 Å². The van der Waals surface area contributed by atoms with Crippen molar-refractivity contribution in [3.8, 4) is 0 Å². The van der Waals surface area contributed by atoms with Gasteiger partial charge in [-0.15, -0.1) is 0 Å². The zero-order chi connectivity index (χ0) is 33.0. The van der Waals surface area contributed by atoms with Crippen LogP contribution in [0.4, 0.5) is 42.1 Å². The summed E-state index contributed by atoms with van der Waals surface area (Å²) in [5.41, 5.74) is -7.02. The molecule has 0 unspecified atom stereocenters. The molecule has 3 aromatic rings. The second kappa shape index (κ2) is 13.1. The van der Waals surface area contributed by atoms with Crippen LogP contribution < -0.4 is 9.80 Å². The topological polar surface area (TPSA) is 66.9 Å². The van der Waals surface area contributed by atoms with E-state index >= 15 is 0 Å². The second-order valence-electron chi connectivity index (χ2n) is 10.0. The highest BCUT2D eigenvalue weighted by Gasteiger charge is 2.73. The van der Waals surface area contributed by atoms with E-state index in [1.165, 1.54) is 51.1 Å². The van der Waals surface area contributed by atoms with Gasteiger partial charge < -0.3 is 14.5 Å². The molecule has 3 rings (SSSR count). The normalized spacial score (nSPS) is 12.1. The van der Waals surface area contributed by atoms with Crippen LogP contribution in [-0.2, 0) is 15.2 Å². The van der Waals surface area contributed by atoms with Gasteiger partial charge in [-0.1, -0.05) is 36.4 Å². The highest BCUT2D eigenvalue weighted by Crippen LogP contribution is 2.54. The molecule has 0 radical (unpaired) electrons. The summed E-state index contributed by atoms with van der Waals surface area (Å²) in [6, 6.07) is 15.0. The Labute approximate surface area is 249 Å². The van der Waals surface area contributed by atoms with Gasteiger partial charge in [0.15, 0.2) is 0 Å². The first-order valence-electron chi connectivity index (χ1n) is 13.2. The largest absolute Gasteiger partial charge is 0.469 e. The summed E-state index contributed by atoms with van der Waals surface area (Å²) in [5, 5.41) is 0. The van der Waals surface area contributed by atoms with Gasteiger partial charge in [-0.2, -0.15) is 26.3 Å². The third kappa shape index (κ3) is 6.87. The minimum atomic E-state index is -6.28. The Bertz CT molecular complexity index is 1480. The highest BCUT2D eigenvalue weighted by atomic mass is 19.4. The maximum Gasteiger partial charge on any atom is 0.435 e. The first-order valence-corrected chi connectivity index (χ1v) is 13.2. The van der Waals surface area contributed by atoms with Gasteiger partial charge in [0.1, 0.15) is 0 Å². The number of aryl methyl sites for hydroxylation is 2. The summed E-state index contributed by atoms with van der Waals surface area (Å²) >= 11 is 0. The lowest BCUT2D eigenvalue weighted by molar-refractivity contribution is -0.348. The van der Waals surface area contributed by atoms with Crippen molar-refractivity contribution in [1.29, 1.82) is 0 Å². The molecule has 0 aliphatic heterocycles. The van der Waals surface area contributed by atoms with Gasteiger partial charge in [0.2, 0.25) is 0 Å². The average Bonchev–Trinajstić information content (AvgIpc) is 2.96. The van der Waals surface area contributed by atoms with Gasteiger partial charge in [0.25, 0.3) is 11.8 Å². The number of methoxy groups -OCH3 is 1. The maximum atomic E-state index is 14.7. The molecule has 0 N–H and O–H groups in total. The molecule has 13 heteroatoms. The molecule has 236 valence electrons. The number of halogens is 7. The molecular weight excluding hydrogens is 597 g/mol. The summed E-state index contributed by atoms with van der Waals surface area (Å²) in [5.74, 6) is -1.60. The van der Waals surface area contributed by atoms with Crippen LogP contribution in [-0.4, -0.2) is 50.8 Å². The van der Waals surface area contributed by atoms with Gasteiger partial charge in [-0.3, -0.25) is 14.4 Å². The first-order chi connectivity index (χ1) is 20.4. The summed E-state index contributed by atoms with van der Waals surface area (Å²) in [7, 11) is 2.50. The number of anilines is 2. The van der Waals surface area contributed by atoms with E-state index in [2.05, 4.69) is 4.74 Å². The van der Waals surface area contributed by atoms with E-state index in [4.69, 9.17) is 0 Å². The van der Waals surface area contributed by atoms with Crippen LogP contribution in [0.25, 0.3) is 0 Å². The zero-order valence-electron chi connectivity index (χ0n) is 24.1. The Balaban J connectivity index is 1.99. The SMILES string of the molecule is COC(=O)CCCN(C(=O)c1ccccc1)c1cccc(C(=O)N(C)c2c(C)cc(C(F)(C(F)(F)F)C(F)(F)F)cc2C)c1. The van der Waals surface area contributed by atoms with E-state index < -0.39 is 41.4 Å². The van der Waals surface area contributed by atoms with Crippen LogP contribution in [0.3, 0.4) is 0 Å². The number of alkyl halides is 7. The number of ether oxygens (including phenoxy) is 1. The molecule has 0 atom stereocenters. The molecule has 0 saturated heterocycles. The van der Waals surface area contributed by atoms with Crippen molar-refractivity contribution in [2.24, 2.45) is 0 Å². The van der Waals surface area contributed by atoms with Crippen LogP contribution in [0.5, 0.6) is 0 Å². The molecule has 0 saturated carbocycles. The molecule has 2 amide bonds. The van der Waals surface area contributed by atoms with Crippen LogP contribution in [0.15, 0.2) is 66.7 Å². The van der Waals surface area contributed by atoms with Crippen LogP contribution in [0.1, 0.15) is 50.2 Å². The molecule has 44 heavy (non-hydrogen) atoms. The summed E-state index contributed by atoms with van der Waals surface area (Å²) < 4.78 is 99.5. The quantitative estimate of drug-likeness (QED) is 0.183. The Morgan fingerprint density at radius 2 is 1.30 bits per heavy atom. The molecule has 3 aromatic carbocycles. The molecule has 0 aliphatic carbocycles. The lowest BCUT2D eigenvalue weighted by Crippen LogP contribution is -2.50. The van der Waals surface area contributed by atoms with Gasteiger partial charge in [0, 0.05) is 48.1 Å².